The summed E-state index contributed by atoms with van der Waals surface area (Å²) in [5, 5.41) is 13.6. The minimum absolute atomic E-state index is 0.0568. The third-order valence-electron chi connectivity index (χ3n) is 4.18. The van der Waals surface area contributed by atoms with Crippen LogP contribution < -0.4 is 9.62 Å². The summed E-state index contributed by atoms with van der Waals surface area (Å²) in [6.07, 6.45) is 0.940. The van der Waals surface area contributed by atoms with Crippen molar-refractivity contribution >= 4 is 33.0 Å². The Hall–Kier alpha value is -3.01. The number of para-hydroxylation sites is 1. The van der Waals surface area contributed by atoms with E-state index in [9.17, 15) is 27.7 Å². The Labute approximate surface area is 162 Å². The number of carbonyl (C=O) groups excluding carboxylic acids is 1. The fourth-order valence-corrected chi connectivity index (χ4v) is 4.05. The number of hydrogen-bond donors (Lipinski definition) is 1. The van der Waals surface area contributed by atoms with Gasteiger partial charge in [-0.1, -0.05) is 25.1 Å². The van der Waals surface area contributed by atoms with Crippen LogP contribution in [0.2, 0.25) is 0 Å². The van der Waals surface area contributed by atoms with E-state index in [4.69, 9.17) is 0 Å². The zero-order valence-electron chi connectivity index (χ0n) is 15.5. The Morgan fingerprint density at radius 1 is 1.25 bits per heavy atom. The van der Waals surface area contributed by atoms with Crippen LogP contribution in [0.1, 0.15) is 18.9 Å². The lowest BCUT2D eigenvalue weighted by Gasteiger charge is -2.30. The molecule has 150 valence electrons. The van der Waals surface area contributed by atoms with Gasteiger partial charge in [0.2, 0.25) is 15.9 Å². The first-order valence-corrected chi connectivity index (χ1v) is 10.2. The molecule has 2 aromatic rings. The zero-order valence-corrected chi connectivity index (χ0v) is 16.4. The Morgan fingerprint density at radius 3 is 2.43 bits per heavy atom. The minimum atomic E-state index is -4.00. The number of rotatable bonds is 7. The van der Waals surface area contributed by atoms with Crippen LogP contribution in [0.5, 0.6) is 0 Å². The second kappa shape index (κ2) is 8.34. The molecule has 0 spiro atoms. The summed E-state index contributed by atoms with van der Waals surface area (Å²) in [6.45, 7) is 3.06. The molecule has 10 heteroatoms. The van der Waals surface area contributed by atoms with Crippen LogP contribution in [0.3, 0.4) is 0 Å². The fraction of sp³-hybridized carbons (Fsp3) is 0.278. The van der Waals surface area contributed by atoms with Crippen LogP contribution in [0, 0.1) is 22.9 Å². The van der Waals surface area contributed by atoms with Crippen molar-refractivity contribution in [1.82, 2.24) is 0 Å². The number of halogens is 1. The number of amides is 1. The van der Waals surface area contributed by atoms with Crippen molar-refractivity contribution in [2.45, 2.75) is 26.3 Å². The molecule has 1 atom stereocenters. The molecule has 0 radical (unpaired) electrons. The Morgan fingerprint density at radius 2 is 1.89 bits per heavy atom. The van der Waals surface area contributed by atoms with E-state index < -0.39 is 32.7 Å². The summed E-state index contributed by atoms with van der Waals surface area (Å²) in [4.78, 5) is 23.3. The summed E-state index contributed by atoms with van der Waals surface area (Å²) in [7, 11) is -4.00. The first-order valence-electron chi connectivity index (χ1n) is 8.36. The van der Waals surface area contributed by atoms with E-state index in [1.807, 2.05) is 0 Å². The van der Waals surface area contributed by atoms with Gasteiger partial charge in [-0.3, -0.25) is 19.2 Å². The highest BCUT2D eigenvalue weighted by atomic mass is 32.2. The van der Waals surface area contributed by atoms with Gasteiger partial charge in [-0.2, -0.15) is 0 Å². The summed E-state index contributed by atoms with van der Waals surface area (Å²) >= 11 is 0. The van der Waals surface area contributed by atoms with E-state index in [0.717, 1.165) is 16.6 Å². The van der Waals surface area contributed by atoms with E-state index in [-0.39, 0.29) is 29.0 Å². The number of nitro groups is 1. The van der Waals surface area contributed by atoms with Crippen molar-refractivity contribution in [3.05, 3.63) is 64.0 Å². The van der Waals surface area contributed by atoms with Crippen LogP contribution >= 0.6 is 0 Å². The highest BCUT2D eigenvalue weighted by molar-refractivity contribution is 7.92. The molecule has 0 saturated heterocycles. The number of carbonyl (C=O) groups is 1. The highest BCUT2D eigenvalue weighted by Crippen LogP contribution is 2.28. The molecule has 0 unspecified atom stereocenters. The number of anilines is 2. The van der Waals surface area contributed by atoms with Crippen molar-refractivity contribution in [3.8, 4) is 0 Å². The number of hydrogen-bond acceptors (Lipinski definition) is 5. The normalized spacial score (nSPS) is 12.3. The number of benzene rings is 2. The van der Waals surface area contributed by atoms with Gasteiger partial charge in [0.25, 0.3) is 5.69 Å². The lowest BCUT2D eigenvalue weighted by molar-refractivity contribution is -0.385. The molecule has 2 aromatic carbocycles. The SMILES string of the molecule is CC[C@H](C(=O)Nc1cccc([N+](=O)[O-])c1C)N(c1ccccc1F)S(C)(=O)=O. The van der Waals surface area contributed by atoms with Gasteiger partial charge in [0.1, 0.15) is 11.9 Å². The van der Waals surface area contributed by atoms with Gasteiger partial charge in [-0.05, 0) is 31.5 Å². The number of nitrogens with one attached hydrogen (secondary N) is 1. The smallest absolute Gasteiger partial charge is 0.274 e. The Kier molecular flexibility index (Phi) is 6.34. The van der Waals surface area contributed by atoms with Crippen LogP contribution in [0.4, 0.5) is 21.5 Å². The summed E-state index contributed by atoms with van der Waals surface area (Å²) in [5.74, 6) is -1.51. The van der Waals surface area contributed by atoms with E-state index in [2.05, 4.69) is 5.32 Å². The molecule has 0 bridgehead atoms. The van der Waals surface area contributed by atoms with Gasteiger partial charge < -0.3 is 5.32 Å². The average Bonchev–Trinajstić information content (AvgIpc) is 2.61. The summed E-state index contributed by atoms with van der Waals surface area (Å²) in [6, 6.07) is 8.18. The lowest BCUT2D eigenvalue weighted by Crippen LogP contribution is -2.47. The van der Waals surface area contributed by atoms with Crippen molar-refractivity contribution in [1.29, 1.82) is 0 Å². The predicted molar refractivity (Wildman–Crippen MR) is 104 cm³/mol. The number of nitro benzene ring substituents is 1. The van der Waals surface area contributed by atoms with Crippen LogP contribution in [-0.4, -0.2) is 31.5 Å². The van der Waals surface area contributed by atoms with Gasteiger partial charge in [0.05, 0.1) is 28.1 Å². The van der Waals surface area contributed by atoms with Crippen molar-refractivity contribution < 1.29 is 22.5 Å². The topological polar surface area (TPSA) is 110 Å². The largest absolute Gasteiger partial charge is 0.324 e. The van der Waals surface area contributed by atoms with Gasteiger partial charge in [-0.15, -0.1) is 0 Å². The second-order valence-electron chi connectivity index (χ2n) is 6.13. The molecule has 8 nitrogen and oxygen atoms in total. The van der Waals surface area contributed by atoms with Gasteiger partial charge >= 0.3 is 0 Å². The average molecular weight is 409 g/mol. The number of nitrogens with zero attached hydrogens (tertiary/aromatic N) is 2. The van der Waals surface area contributed by atoms with E-state index in [0.29, 0.717) is 0 Å². The molecule has 0 aromatic heterocycles. The molecule has 0 heterocycles. The molecule has 1 N–H and O–H groups in total. The van der Waals surface area contributed by atoms with Crippen molar-refractivity contribution in [2.75, 3.05) is 15.9 Å². The van der Waals surface area contributed by atoms with Gasteiger partial charge in [0.15, 0.2) is 0 Å². The quantitative estimate of drug-likeness (QED) is 0.558. The zero-order chi connectivity index (χ0) is 21.1. The molecule has 0 fully saturated rings. The Balaban J connectivity index is 2.45. The lowest BCUT2D eigenvalue weighted by atomic mass is 10.1. The number of sulfonamides is 1. The maximum absolute atomic E-state index is 14.3. The highest BCUT2D eigenvalue weighted by Gasteiger charge is 2.33. The molecular weight excluding hydrogens is 389 g/mol. The summed E-state index contributed by atoms with van der Waals surface area (Å²) < 4.78 is 39.7. The second-order valence-corrected chi connectivity index (χ2v) is 7.99. The summed E-state index contributed by atoms with van der Waals surface area (Å²) in [5.41, 5.74) is -0.0187. The standard InChI is InChI=1S/C18H20FN3O5S/c1-4-15(21(28(3,26)27)17-10-6-5-8-13(17)19)18(23)20-14-9-7-11-16(12(14)2)22(24)25/h5-11,15H,4H2,1-3H3,(H,20,23)/t15-/m1/s1. The predicted octanol–water partition coefficient (Wildman–Crippen LogP) is 3.23. The fourth-order valence-electron chi connectivity index (χ4n) is 2.84. The van der Waals surface area contributed by atoms with Crippen LogP contribution in [-0.2, 0) is 14.8 Å². The molecule has 0 aliphatic heterocycles. The molecule has 0 saturated carbocycles. The van der Waals surface area contributed by atoms with Crippen LogP contribution in [0.15, 0.2) is 42.5 Å². The van der Waals surface area contributed by atoms with E-state index in [1.165, 1.54) is 43.3 Å². The molecule has 0 aliphatic rings. The van der Waals surface area contributed by atoms with Crippen molar-refractivity contribution in [2.24, 2.45) is 0 Å². The Bertz CT molecular complexity index is 1010. The first kappa shape index (κ1) is 21.3. The monoisotopic (exact) mass is 409 g/mol. The molecule has 1 amide bonds. The molecular formula is C18H20FN3O5S. The third-order valence-corrected chi connectivity index (χ3v) is 5.35. The molecule has 2 rings (SSSR count). The molecule has 28 heavy (non-hydrogen) atoms. The molecule has 0 aliphatic carbocycles. The van der Waals surface area contributed by atoms with Crippen molar-refractivity contribution in [3.63, 3.8) is 0 Å². The maximum Gasteiger partial charge on any atom is 0.274 e. The third kappa shape index (κ3) is 4.45. The first-order chi connectivity index (χ1) is 13.1. The minimum Gasteiger partial charge on any atom is -0.324 e. The van der Waals surface area contributed by atoms with Gasteiger partial charge in [-0.25, -0.2) is 12.8 Å². The van der Waals surface area contributed by atoms with Crippen LogP contribution in [0.25, 0.3) is 0 Å². The van der Waals surface area contributed by atoms with E-state index in [1.54, 1.807) is 6.92 Å². The van der Waals surface area contributed by atoms with E-state index >= 15 is 0 Å². The van der Waals surface area contributed by atoms with Gasteiger partial charge in [0, 0.05) is 6.07 Å². The maximum atomic E-state index is 14.3.